The van der Waals surface area contributed by atoms with E-state index in [2.05, 4.69) is 49.0 Å². The first-order valence-electron chi connectivity index (χ1n) is 15.8. The van der Waals surface area contributed by atoms with Crippen LogP contribution in [0.4, 0.5) is 0 Å². The molecule has 0 aromatic heterocycles. The first kappa shape index (κ1) is 31.8. The average molecular weight is 583 g/mol. The minimum atomic E-state index is -1.10. The van der Waals surface area contributed by atoms with Gasteiger partial charge in [-0.25, -0.2) is 0 Å². The second-order valence-electron chi connectivity index (χ2n) is 13.7. The molecule has 4 aliphatic rings. The fourth-order valence-corrected chi connectivity index (χ4v) is 7.13. The van der Waals surface area contributed by atoms with E-state index in [0.717, 1.165) is 12.3 Å². The van der Waals surface area contributed by atoms with Gasteiger partial charge < -0.3 is 26.0 Å². The molecule has 2 unspecified atom stereocenters. The Balaban J connectivity index is 1.56. The quantitative estimate of drug-likeness (QED) is 0.389. The topological polar surface area (TPSA) is 126 Å². The highest BCUT2D eigenvalue weighted by Crippen LogP contribution is 2.61. The highest BCUT2D eigenvalue weighted by molar-refractivity contribution is 6.01. The molecular weight excluding hydrogens is 532 g/mol. The molecule has 9 nitrogen and oxygen atoms in total. The van der Waals surface area contributed by atoms with Crippen molar-refractivity contribution in [2.45, 2.75) is 98.2 Å². The maximum Gasteiger partial charge on any atom is 0.255 e. The van der Waals surface area contributed by atoms with Crippen molar-refractivity contribution in [1.29, 1.82) is 0 Å². The van der Waals surface area contributed by atoms with Crippen molar-refractivity contribution in [1.82, 2.24) is 21.3 Å². The van der Waals surface area contributed by atoms with E-state index in [9.17, 15) is 19.2 Å². The van der Waals surface area contributed by atoms with Crippen molar-refractivity contribution in [2.75, 3.05) is 13.2 Å². The van der Waals surface area contributed by atoms with E-state index in [1.54, 1.807) is 24.3 Å². The number of fused-ring (bicyclic) bond motifs is 3. The molecule has 9 heteroatoms. The molecule has 4 N–H and O–H groups in total. The normalized spacial score (nSPS) is 30.3. The van der Waals surface area contributed by atoms with E-state index in [0.29, 0.717) is 37.0 Å². The van der Waals surface area contributed by atoms with E-state index < -0.39 is 29.8 Å². The molecule has 232 valence electrons. The summed E-state index contributed by atoms with van der Waals surface area (Å²) < 4.78 is 6.10. The Kier molecular flexibility index (Phi) is 10.2. The third kappa shape index (κ3) is 7.27. The largest absolute Gasteiger partial charge is 0.491 e. The van der Waals surface area contributed by atoms with Crippen LogP contribution < -0.4 is 26.0 Å². The number of rotatable bonds is 7. The van der Waals surface area contributed by atoms with Crippen LogP contribution in [-0.2, 0) is 14.4 Å². The fraction of sp³-hybridized carbons (Fsp3) is 0.697. The van der Waals surface area contributed by atoms with E-state index in [-0.39, 0.29) is 47.8 Å². The number of hydrogen-bond donors (Lipinski definition) is 4. The standard InChI is InChI=1S/C33H50N4O5/c1-7-20(4)29-32(41)35-23(14-19(2)3)18-42-27-11-9-8-10-24(27)30(39)36-26(16-28(38)37-29)31(40)34-17-21-12-13-22-15-25(21)33(22,5)6/h8-11,19-23,25-26,29H,7,12-18H2,1-6H3,(H,34,40)(H,35,41)(H,36,39)(H,37,38)/t20-,21-,22?,23+,25?,26-,29-/m0/s1. The lowest BCUT2D eigenvalue weighted by atomic mass is 9.45. The van der Waals surface area contributed by atoms with Crippen LogP contribution in [0, 0.1) is 35.0 Å². The molecule has 1 aliphatic heterocycles. The van der Waals surface area contributed by atoms with Gasteiger partial charge in [0.2, 0.25) is 17.7 Å². The number of carbonyl (C=O) groups is 4. The number of para-hydroxylation sites is 1. The zero-order valence-electron chi connectivity index (χ0n) is 26.1. The van der Waals surface area contributed by atoms with Gasteiger partial charge in [-0.1, -0.05) is 60.1 Å². The lowest BCUT2D eigenvalue weighted by Crippen LogP contribution is -2.57. The number of nitrogens with one attached hydrogen (secondary N) is 4. The van der Waals surface area contributed by atoms with Crippen LogP contribution in [0.5, 0.6) is 5.75 Å². The molecule has 42 heavy (non-hydrogen) atoms. The number of amides is 4. The summed E-state index contributed by atoms with van der Waals surface area (Å²) in [5.74, 6) is 0.601. The molecule has 7 atom stereocenters. The summed E-state index contributed by atoms with van der Waals surface area (Å²) in [4.78, 5) is 53.9. The van der Waals surface area contributed by atoms with Crippen molar-refractivity contribution in [3.05, 3.63) is 29.8 Å². The number of ether oxygens (including phenoxy) is 1. The highest BCUT2D eigenvalue weighted by atomic mass is 16.5. The smallest absolute Gasteiger partial charge is 0.255 e. The molecule has 1 aromatic carbocycles. The Hall–Kier alpha value is -3.10. The molecule has 0 spiro atoms. The monoisotopic (exact) mass is 582 g/mol. The third-order valence-electron chi connectivity index (χ3n) is 10.0. The molecule has 0 saturated heterocycles. The van der Waals surface area contributed by atoms with E-state index in [1.807, 2.05) is 13.8 Å². The van der Waals surface area contributed by atoms with Gasteiger partial charge in [-0.3, -0.25) is 19.2 Å². The molecule has 4 amide bonds. The van der Waals surface area contributed by atoms with Crippen LogP contribution in [0.15, 0.2) is 24.3 Å². The van der Waals surface area contributed by atoms with Crippen molar-refractivity contribution in [3.63, 3.8) is 0 Å². The van der Waals surface area contributed by atoms with Gasteiger partial charge in [-0.15, -0.1) is 0 Å². The number of carbonyl (C=O) groups excluding carboxylic acids is 4. The summed E-state index contributed by atoms with van der Waals surface area (Å²) in [6, 6.07) is 4.66. The van der Waals surface area contributed by atoms with Crippen molar-refractivity contribution in [3.8, 4) is 5.75 Å². The summed E-state index contributed by atoms with van der Waals surface area (Å²) in [6.07, 6.45) is 4.51. The van der Waals surface area contributed by atoms with Crippen LogP contribution in [0.3, 0.4) is 0 Å². The second kappa shape index (κ2) is 13.5. The predicted octanol–water partition coefficient (Wildman–Crippen LogP) is 3.82. The molecule has 0 radical (unpaired) electrons. The molecule has 3 saturated carbocycles. The fourth-order valence-electron chi connectivity index (χ4n) is 7.13. The van der Waals surface area contributed by atoms with Crippen molar-refractivity contribution < 1.29 is 23.9 Å². The summed E-state index contributed by atoms with van der Waals surface area (Å²) >= 11 is 0. The van der Waals surface area contributed by atoms with Gasteiger partial charge in [0.15, 0.2) is 0 Å². The predicted molar refractivity (Wildman–Crippen MR) is 162 cm³/mol. The van der Waals surface area contributed by atoms with Crippen molar-refractivity contribution in [2.24, 2.45) is 35.0 Å². The summed E-state index contributed by atoms with van der Waals surface area (Å²) in [5.41, 5.74) is 0.560. The summed E-state index contributed by atoms with van der Waals surface area (Å²) in [5, 5.41) is 11.8. The first-order valence-corrected chi connectivity index (χ1v) is 15.8. The van der Waals surface area contributed by atoms with Crippen LogP contribution in [0.2, 0.25) is 0 Å². The molecule has 3 aliphatic carbocycles. The maximum absolute atomic E-state index is 13.5. The van der Waals surface area contributed by atoms with Crippen LogP contribution in [0.1, 0.15) is 90.4 Å². The first-order chi connectivity index (χ1) is 19.9. The Morgan fingerprint density at radius 3 is 2.48 bits per heavy atom. The minimum absolute atomic E-state index is 0.133. The van der Waals surface area contributed by atoms with Gasteiger partial charge in [0, 0.05) is 6.54 Å². The van der Waals surface area contributed by atoms with Gasteiger partial charge in [-0.05, 0) is 72.8 Å². The maximum atomic E-state index is 13.5. The molecule has 2 bridgehead atoms. The SMILES string of the molecule is CC[C@H](C)[C@@H]1NC(=O)C[C@@H](C(=O)NC[C@@H]2CCC3CC2C3(C)C)NC(=O)c2ccccc2OC[C@@H](CC(C)C)NC1=O. The summed E-state index contributed by atoms with van der Waals surface area (Å²) in [7, 11) is 0. The zero-order valence-corrected chi connectivity index (χ0v) is 26.1. The highest BCUT2D eigenvalue weighted by Gasteiger charge is 2.54. The van der Waals surface area contributed by atoms with E-state index in [4.69, 9.17) is 4.74 Å². The Bertz CT molecular complexity index is 1150. The third-order valence-corrected chi connectivity index (χ3v) is 10.0. The summed E-state index contributed by atoms with van der Waals surface area (Å²) in [6.45, 7) is 13.3. The van der Waals surface area contributed by atoms with Crippen molar-refractivity contribution >= 4 is 23.6 Å². The lowest BCUT2D eigenvalue weighted by Gasteiger charge is -2.60. The Morgan fingerprint density at radius 1 is 1.07 bits per heavy atom. The van der Waals surface area contributed by atoms with Crippen LogP contribution >= 0.6 is 0 Å². The molecule has 1 heterocycles. The molecule has 3 fully saturated rings. The lowest BCUT2D eigenvalue weighted by molar-refractivity contribution is -0.133. The number of hydrogen-bond acceptors (Lipinski definition) is 5. The van der Waals surface area contributed by atoms with Gasteiger partial charge >= 0.3 is 0 Å². The minimum Gasteiger partial charge on any atom is -0.491 e. The van der Waals surface area contributed by atoms with Gasteiger partial charge in [0.05, 0.1) is 18.0 Å². The van der Waals surface area contributed by atoms with Crippen LogP contribution in [0.25, 0.3) is 0 Å². The molecule has 5 rings (SSSR count). The van der Waals surface area contributed by atoms with Gasteiger partial charge in [0.1, 0.15) is 24.4 Å². The van der Waals surface area contributed by atoms with Gasteiger partial charge in [0.25, 0.3) is 5.91 Å². The average Bonchev–Trinajstić information content (AvgIpc) is 2.95. The Labute approximate surface area is 250 Å². The van der Waals surface area contributed by atoms with Gasteiger partial charge in [-0.2, -0.15) is 0 Å². The van der Waals surface area contributed by atoms with Crippen LogP contribution in [-0.4, -0.2) is 54.9 Å². The second-order valence-corrected chi connectivity index (χ2v) is 13.7. The molecular formula is C33H50N4O5. The van der Waals surface area contributed by atoms with E-state index >= 15 is 0 Å². The molecule has 1 aromatic rings. The number of benzene rings is 1. The zero-order chi connectivity index (χ0) is 30.6. The Morgan fingerprint density at radius 2 is 1.81 bits per heavy atom. The van der Waals surface area contributed by atoms with E-state index in [1.165, 1.54) is 12.8 Å².